The quantitative estimate of drug-likeness (QED) is 0.719. The van der Waals surface area contributed by atoms with Crippen LogP contribution in [0.15, 0.2) is 0 Å². The molecule has 1 fully saturated rings. The molecular formula is C12H26N2O. The Kier molecular flexibility index (Phi) is 5.58. The lowest BCUT2D eigenvalue weighted by molar-refractivity contribution is 0.127. The molecule has 0 saturated heterocycles. The van der Waals surface area contributed by atoms with Crippen molar-refractivity contribution in [3.05, 3.63) is 0 Å². The van der Waals surface area contributed by atoms with Crippen molar-refractivity contribution in [3.63, 3.8) is 0 Å². The van der Waals surface area contributed by atoms with Crippen LogP contribution in [0, 0.1) is 5.92 Å². The minimum absolute atomic E-state index is 0.237. The maximum absolute atomic E-state index is 9.70. The number of nitrogens with zero attached hydrogens (tertiary/aromatic N) is 1. The summed E-state index contributed by atoms with van der Waals surface area (Å²) in [6, 6.07) is 0.637. The topological polar surface area (TPSA) is 35.5 Å². The van der Waals surface area contributed by atoms with Gasteiger partial charge in [0.25, 0.3) is 0 Å². The van der Waals surface area contributed by atoms with Crippen LogP contribution < -0.4 is 5.32 Å². The second-order valence-corrected chi connectivity index (χ2v) is 5.28. The van der Waals surface area contributed by atoms with Gasteiger partial charge < -0.3 is 15.3 Å². The summed E-state index contributed by atoms with van der Waals surface area (Å²) >= 11 is 0. The molecule has 0 heterocycles. The maximum Gasteiger partial charge on any atom is 0.0791 e. The largest absolute Gasteiger partial charge is 0.390 e. The molecule has 1 aliphatic rings. The van der Waals surface area contributed by atoms with Crippen molar-refractivity contribution in [3.8, 4) is 0 Å². The van der Waals surface area contributed by atoms with E-state index in [0.29, 0.717) is 6.04 Å². The summed E-state index contributed by atoms with van der Waals surface area (Å²) in [5.41, 5.74) is 0. The van der Waals surface area contributed by atoms with Gasteiger partial charge in [-0.2, -0.15) is 0 Å². The van der Waals surface area contributed by atoms with Crippen molar-refractivity contribution in [2.45, 2.75) is 44.8 Å². The summed E-state index contributed by atoms with van der Waals surface area (Å²) in [6.45, 7) is 3.81. The first kappa shape index (κ1) is 12.9. The predicted octanol–water partition coefficient (Wildman–Crippen LogP) is 1.08. The molecule has 15 heavy (non-hydrogen) atoms. The lowest BCUT2D eigenvalue weighted by atomic mass is 9.87. The molecule has 1 saturated carbocycles. The minimum Gasteiger partial charge on any atom is -0.390 e. The number of aliphatic hydroxyl groups excluding tert-OH is 1. The molecule has 0 radical (unpaired) electrons. The average molecular weight is 214 g/mol. The molecule has 0 aliphatic heterocycles. The van der Waals surface area contributed by atoms with Crippen molar-refractivity contribution in [2.24, 2.45) is 5.92 Å². The van der Waals surface area contributed by atoms with Crippen molar-refractivity contribution >= 4 is 0 Å². The van der Waals surface area contributed by atoms with Crippen molar-refractivity contribution < 1.29 is 5.11 Å². The van der Waals surface area contributed by atoms with E-state index in [0.717, 1.165) is 19.0 Å². The Bertz CT molecular complexity index is 165. The summed E-state index contributed by atoms with van der Waals surface area (Å²) in [6.07, 6.45) is 4.98. The summed E-state index contributed by atoms with van der Waals surface area (Å²) in [7, 11) is 3.98. The molecule has 1 rings (SSSR count). The van der Waals surface area contributed by atoms with Crippen LogP contribution in [0.25, 0.3) is 0 Å². The number of aliphatic hydroxyl groups is 1. The van der Waals surface area contributed by atoms with E-state index in [9.17, 15) is 5.11 Å². The van der Waals surface area contributed by atoms with E-state index in [1.54, 1.807) is 0 Å². The Balaban J connectivity index is 2.09. The van der Waals surface area contributed by atoms with Gasteiger partial charge in [-0.05, 0) is 45.7 Å². The van der Waals surface area contributed by atoms with Gasteiger partial charge in [0.15, 0.2) is 0 Å². The van der Waals surface area contributed by atoms with Gasteiger partial charge in [-0.3, -0.25) is 0 Å². The summed E-state index contributed by atoms with van der Waals surface area (Å²) in [5.74, 6) is 0.898. The smallest absolute Gasteiger partial charge is 0.0791 e. The Labute approximate surface area is 93.9 Å². The van der Waals surface area contributed by atoms with Crippen LogP contribution in [0.2, 0.25) is 0 Å². The van der Waals surface area contributed by atoms with Gasteiger partial charge in [0.1, 0.15) is 0 Å². The minimum atomic E-state index is -0.237. The van der Waals surface area contributed by atoms with Crippen LogP contribution in [0.3, 0.4) is 0 Å². The second kappa shape index (κ2) is 6.46. The van der Waals surface area contributed by atoms with Crippen LogP contribution >= 0.6 is 0 Å². The van der Waals surface area contributed by atoms with Crippen LogP contribution in [0.5, 0.6) is 0 Å². The molecular weight excluding hydrogens is 188 g/mol. The Morgan fingerprint density at radius 3 is 2.40 bits per heavy atom. The van der Waals surface area contributed by atoms with Gasteiger partial charge in [-0.1, -0.05) is 6.92 Å². The highest BCUT2D eigenvalue weighted by atomic mass is 16.3. The van der Waals surface area contributed by atoms with E-state index in [1.165, 1.54) is 25.7 Å². The zero-order valence-electron chi connectivity index (χ0n) is 10.4. The van der Waals surface area contributed by atoms with E-state index in [2.05, 4.69) is 12.2 Å². The van der Waals surface area contributed by atoms with E-state index in [4.69, 9.17) is 0 Å². The normalized spacial score (nSPS) is 29.4. The molecule has 0 spiro atoms. The molecule has 0 amide bonds. The first-order chi connectivity index (χ1) is 7.08. The zero-order valence-corrected chi connectivity index (χ0v) is 10.4. The highest BCUT2D eigenvalue weighted by Gasteiger charge is 2.18. The van der Waals surface area contributed by atoms with Gasteiger partial charge in [0, 0.05) is 19.1 Å². The number of rotatable bonds is 5. The van der Waals surface area contributed by atoms with Gasteiger partial charge >= 0.3 is 0 Å². The third kappa shape index (κ3) is 5.50. The first-order valence-electron chi connectivity index (χ1n) is 6.14. The Morgan fingerprint density at radius 2 is 1.87 bits per heavy atom. The highest BCUT2D eigenvalue weighted by molar-refractivity contribution is 4.76. The van der Waals surface area contributed by atoms with Gasteiger partial charge in [-0.25, -0.2) is 0 Å². The maximum atomic E-state index is 9.70. The molecule has 3 heteroatoms. The third-order valence-corrected chi connectivity index (χ3v) is 3.23. The van der Waals surface area contributed by atoms with Crippen LogP contribution in [-0.4, -0.2) is 49.3 Å². The van der Waals surface area contributed by atoms with E-state index >= 15 is 0 Å². The lowest BCUT2D eigenvalue weighted by Crippen LogP contribution is -2.41. The average Bonchev–Trinajstić information content (AvgIpc) is 2.16. The molecule has 0 aromatic rings. The second-order valence-electron chi connectivity index (χ2n) is 5.28. The molecule has 1 aliphatic carbocycles. The monoisotopic (exact) mass is 214 g/mol. The Morgan fingerprint density at radius 1 is 1.27 bits per heavy atom. The summed E-state index contributed by atoms with van der Waals surface area (Å²) < 4.78 is 0. The SMILES string of the molecule is CC1CCC(NCC(O)CN(C)C)CC1. The summed E-state index contributed by atoms with van der Waals surface area (Å²) in [4.78, 5) is 2.02. The van der Waals surface area contributed by atoms with Gasteiger partial charge in [0.2, 0.25) is 0 Å². The van der Waals surface area contributed by atoms with Crippen molar-refractivity contribution in [1.29, 1.82) is 0 Å². The Hall–Kier alpha value is -0.120. The van der Waals surface area contributed by atoms with Crippen molar-refractivity contribution in [1.82, 2.24) is 10.2 Å². The molecule has 90 valence electrons. The zero-order chi connectivity index (χ0) is 11.3. The number of hydrogen-bond acceptors (Lipinski definition) is 3. The molecule has 3 nitrogen and oxygen atoms in total. The van der Waals surface area contributed by atoms with Gasteiger partial charge in [0.05, 0.1) is 6.10 Å². The predicted molar refractivity (Wildman–Crippen MR) is 64.0 cm³/mol. The number of hydrogen-bond donors (Lipinski definition) is 2. The van der Waals surface area contributed by atoms with Crippen LogP contribution in [0.4, 0.5) is 0 Å². The molecule has 1 atom stereocenters. The summed E-state index contributed by atoms with van der Waals surface area (Å²) in [5, 5.41) is 13.2. The van der Waals surface area contributed by atoms with Crippen LogP contribution in [0.1, 0.15) is 32.6 Å². The number of likely N-dealkylation sites (N-methyl/N-ethyl adjacent to an activating group) is 1. The lowest BCUT2D eigenvalue weighted by Gasteiger charge is -2.28. The fraction of sp³-hybridized carbons (Fsp3) is 1.00. The van der Waals surface area contributed by atoms with Crippen molar-refractivity contribution in [2.75, 3.05) is 27.2 Å². The number of nitrogens with one attached hydrogen (secondary N) is 1. The van der Waals surface area contributed by atoms with Gasteiger partial charge in [-0.15, -0.1) is 0 Å². The van der Waals surface area contributed by atoms with E-state index in [1.807, 2.05) is 19.0 Å². The highest BCUT2D eigenvalue weighted by Crippen LogP contribution is 2.23. The molecule has 2 N–H and O–H groups in total. The van der Waals surface area contributed by atoms with E-state index in [-0.39, 0.29) is 6.10 Å². The van der Waals surface area contributed by atoms with E-state index < -0.39 is 0 Å². The molecule has 0 bridgehead atoms. The third-order valence-electron chi connectivity index (χ3n) is 3.23. The fourth-order valence-electron chi connectivity index (χ4n) is 2.25. The molecule has 1 unspecified atom stereocenters. The first-order valence-corrected chi connectivity index (χ1v) is 6.14. The fourth-order valence-corrected chi connectivity index (χ4v) is 2.25. The van der Waals surface area contributed by atoms with Crippen LogP contribution in [-0.2, 0) is 0 Å². The molecule has 0 aromatic carbocycles. The molecule has 0 aromatic heterocycles. The standard InChI is InChI=1S/C12H26N2O/c1-10-4-6-11(7-5-10)13-8-12(15)9-14(2)3/h10-13,15H,4-9H2,1-3H3.